The van der Waals surface area contributed by atoms with E-state index in [1.165, 1.54) is 11.1 Å². The predicted molar refractivity (Wildman–Crippen MR) is 60.8 cm³/mol. The molecular formula is C11H19N3. The van der Waals surface area contributed by atoms with E-state index in [1.807, 2.05) is 21.0 Å². The van der Waals surface area contributed by atoms with Crippen LogP contribution in [0, 0.1) is 20.8 Å². The molecule has 1 rings (SSSR count). The van der Waals surface area contributed by atoms with Gasteiger partial charge >= 0.3 is 0 Å². The second-order valence-electron chi connectivity index (χ2n) is 3.74. The quantitative estimate of drug-likeness (QED) is 0.739. The molecule has 14 heavy (non-hydrogen) atoms. The first kappa shape index (κ1) is 11.0. The van der Waals surface area contributed by atoms with Crippen molar-refractivity contribution in [2.45, 2.75) is 20.8 Å². The third-order valence-corrected chi connectivity index (χ3v) is 2.39. The Bertz CT molecular complexity index is 321. The molecule has 0 saturated carbocycles. The summed E-state index contributed by atoms with van der Waals surface area (Å²) in [5, 5.41) is 3.12. The van der Waals surface area contributed by atoms with E-state index in [0.717, 1.165) is 18.2 Å². The molecule has 1 heterocycles. The first-order valence-corrected chi connectivity index (χ1v) is 4.87. The highest BCUT2D eigenvalue weighted by Crippen LogP contribution is 2.19. The first-order chi connectivity index (χ1) is 6.56. The molecule has 0 bridgehead atoms. The van der Waals surface area contributed by atoms with Crippen LogP contribution < -0.4 is 10.2 Å². The summed E-state index contributed by atoms with van der Waals surface area (Å²) in [5.41, 5.74) is 3.63. The van der Waals surface area contributed by atoms with Crippen molar-refractivity contribution in [3.63, 3.8) is 0 Å². The number of pyridine rings is 1. The van der Waals surface area contributed by atoms with Crippen LogP contribution in [0.25, 0.3) is 0 Å². The Morgan fingerprint density at radius 2 is 2.00 bits per heavy atom. The minimum absolute atomic E-state index is 0.816. The van der Waals surface area contributed by atoms with Gasteiger partial charge in [-0.3, -0.25) is 0 Å². The number of aryl methyl sites for hydroxylation is 2. The summed E-state index contributed by atoms with van der Waals surface area (Å²) < 4.78 is 0. The largest absolute Gasteiger partial charge is 0.347 e. The van der Waals surface area contributed by atoms with Crippen LogP contribution in [0.15, 0.2) is 6.07 Å². The zero-order chi connectivity index (χ0) is 10.7. The van der Waals surface area contributed by atoms with Gasteiger partial charge in [-0.25, -0.2) is 4.98 Å². The lowest BCUT2D eigenvalue weighted by Crippen LogP contribution is -2.29. The van der Waals surface area contributed by atoms with Crippen LogP contribution in [0.3, 0.4) is 0 Å². The van der Waals surface area contributed by atoms with Gasteiger partial charge in [-0.15, -0.1) is 0 Å². The minimum Gasteiger partial charge on any atom is -0.347 e. The maximum Gasteiger partial charge on any atom is 0.132 e. The first-order valence-electron chi connectivity index (χ1n) is 4.87. The van der Waals surface area contributed by atoms with Crippen LogP contribution in [0.4, 0.5) is 5.82 Å². The fourth-order valence-corrected chi connectivity index (χ4v) is 1.56. The molecule has 0 radical (unpaired) electrons. The maximum absolute atomic E-state index is 4.54. The van der Waals surface area contributed by atoms with E-state index in [-0.39, 0.29) is 0 Å². The van der Waals surface area contributed by atoms with Crippen LogP contribution in [0.2, 0.25) is 0 Å². The van der Waals surface area contributed by atoms with E-state index in [1.54, 1.807) is 0 Å². The van der Waals surface area contributed by atoms with E-state index in [4.69, 9.17) is 0 Å². The van der Waals surface area contributed by atoms with Crippen LogP contribution in [0.1, 0.15) is 16.8 Å². The van der Waals surface area contributed by atoms with Crippen molar-refractivity contribution < 1.29 is 0 Å². The summed E-state index contributed by atoms with van der Waals surface area (Å²) in [6.07, 6.45) is 0. The lowest BCUT2D eigenvalue weighted by Gasteiger charge is -2.21. The molecule has 1 aromatic heterocycles. The normalized spacial score (nSPS) is 10.4. The van der Waals surface area contributed by atoms with Gasteiger partial charge in [-0.05, 0) is 45.0 Å². The molecule has 1 N–H and O–H groups in total. The lowest BCUT2D eigenvalue weighted by molar-refractivity contribution is 0.762. The van der Waals surface area contributed by atoms with Crippen molar-refractivity contribution >= 4 is 5.82 Å². The molecule has 0 fully saturated rings. The van der Waals surface area contributed by atoms with Gasteiger partial charge in [0.05, 0.1) is 6.67 Å². The highest BCUT2D eigenvalue weighted by molar-refractivity contribution is 5.49. The summed E-state index contributed by atoms with van der Waals surface area (Å²) in [5.74, 6) is 1.07. The minimum atomic E-state index is 0.816. The topological polar surface area (TPSA) is 28.2 Å². The van der Waals surface area contributed by atoms with Gasteiger partial charge in [0.2, 0.25) is 0 Å². The van der Waals surface area contributed by atoms with E-state index < -0.39 is 0 Å². The van der Waals surface area contributed by atoms with Crippen molar-refractivity contribution in [2.24, 2.45) is 0 Å². The predicted octanol–water partition coefficient (Wildman–Crippen LogP) is 1.62. The number of nitrogens with zero attached hydrogens (tertiary/aromatic N) is 2. The summed E-state index contributed by atoms with van der Waals surface area (Å²) >= 11 is 0. The molecule has 3 heteroatoms. The highest BCUT2D eigenvalue weighted by atomic mass is 15.2. The Hall–Kier alpha value is -1.09. The second kappa shape index (κ2) is 4.42. The number of nitrogens with one attached hydrogen (secondary N) is 1. The van der Waals surface area contributed by atoms with E-state index in [9.17, 15) is 0 Å². The Morgan fingerprint density at radius 3 is 2.57 bits per heavy atom. The number of aromatic nitrogens is 1. The lowest BCUT2D eigenvalue weighted by atomic mass is 10.1. The molecule has 78 valence electrons. The zero-order valence-electron chi connectivity index (χ0n) is 9.68. The van der Waals surface area contributed by atoms with Crippen LogP contribution in [-0.4, -0.2) is 25.7 Å². The Kier molecular flexibility index (Phi) is 3.47. The van der Waals surface area contributed by atoms with Gasteiger partial charge in [0.25, 0.3) is 0 Å². The smallest absolute Gasteiger partial charge is 0.132 e. The van der Waals surface area contributed by atoms with Crippen LogP contribution >= 0.6 is 0 Å². The van der Waals surface area contributed by atoms with Crippen molar-refractivity contribution in [3.8, 4) is 0 Å². The average molecular weight is 193 g/mol. The van der Waals surface area contributed by atoms with Crippen molar-refractivity contribution in [1.29, 1.82) is 0 Å². The summed E-state index contributed by atoms with van der Waals surface area (Å²) in [6, 6.07) is 2.12. The van der Waals surface area contributed by atoms with Crippen molar-refractivity contribution in [3.05, 3.63) is 22.9 Å². The van der Waals surface area contributed by atoms with Crippen molar-refractivity contribution in [1.82, 2.24) is 10.3 Å². The van der Waals surface area contributed by atoms with Crippen LogP contribution in [0.5, 0.6) is 0 Å². The monoisotopic (exact) mass is 193 g/mol. The second-order valence-corrected chi connectivity index (χ2v) is 3.74. The summed E-state index contributed by atoms with van der Waals surface area (Å²) in [4.78, 5) is 6.66. The molecule has 0 atom stereocenters. The van der Waals surface area contributed by atoms with Crippen molar-refractivity contribution in [2.75, 3.05) is 25.7 Å². The molecule has 0 aromatic carbocycles. The van der Waals surface area contributed by atoms with Gasteiger partial charge in [0.15, 0.2) is 0 Å². The van der Waals surface area contributed by atoms with Gasteiger partial charge in [-0.1, -0.05) is 0 Å². The fourth-order valence-electron chi connectivity index (χ4n) is 1.56. The Labute approximate surface area is 86.2 Å². The van der Waals surface area contributed by atoms with E-state index >= 15 is 0 Å². The number of anilines is 1. The van der Waals surface area contributed by atoms with Gasteiger partial charge < -0.3 is 10.2 Å². The van der Waals surface area contributed by atoms with Gasteiger partial charge in [-0.2, -0.15) is 0 Å². The van der Waals surface area contributed by atoms with Gasteiger partial charge in [0, 0.05) is 12.7 Å². The molecule has 0 aliphatic carbocycles. The fraction of sp³-hybridized carbons (Fsp3) is 0.545. The average Bonchev–Trinajstić information content (AvgIpc) is 2.11. The number of hydrogen-bond acceptors (Lipinski definition) is 3. The molecule has 0 aliphatic rings. The molecular weight excluding hydrogens is 174 g/mol. The SMILES string of the molecule is CNCN(C)c1nc(C)cc(C)c1C. The highest BCUT2D eigenvalue weighted by Gasteiger charge is 2.07. The van der Waals surface area contributed by atoms with E-state index in [2.05, 4.69) is 35.1 Å². The van der Waals surface area contributed by atoms with Gasteiger partial charge in [0.1, 0.15) is 5.82 Å². The molecule has 0 aliphatic heterocycles. The number of hydrogen-bond donors (Lipinski definition) is 1. The molecule has 0 saturated heterocycles. The zero-order valence-corrected chi connectivity index (χ0v) is 9.68. The molecule has 3 nitrogen and oxygen atoms in total. The summed E-state index contributed by atoms with van der Waals surface area (Å²) in [7, 11) is 3.99. The third kappa shape index (κ3) is 2.23. The Balaban J connectivity index is 3.07. The van der Waals surface area contributed by atoms with E-state index in [0.29, 0.717) is 0 Å². The maximum atomic E-state index is 4.54. The molecule has 1 aromatic rings. The summed E-state index contributed by atoms with van der Waals surface area (Å²) in [6.45, 7) is 7.09. The Morgan fingerprint density at radius 1 is 1.36 bits per heavy atom. The molecule has 0 spiro atoms. The molecule has 0 unspecified atom stereocenters. The van der Waals surface area contributed by atoms with Crippen LogP contribution in [-0.2, 0) is 0 Å². The number of rotatable bonds is 3. The standard InChI is InChI=1S/C11H19N3/c1-8-6-9(2)13-11(10(8)3)14(5)7-12-4/h6,12H,7H2,1-5H3. The molecule has 0 amide bonds. The third-order valence-electron chi connectivity index (χ3n) is 2.39.